The Morgan fingerprint density at radius 3 is 2.19 bits per heavy atom. The van der Waals surface area contributed by atoms with Gasteiger partial charge in [0.25, 0.3) is 15.6 Å². The Balaban J connectivity index is 1.83. The molecule has 2 aromatic carbocycles. The van der Waals surface area contributed by atoms with E-state index in [0.29, 0.717) is 18.8 Å². The van der Waals surface area contributed by atoms with E-state index in [2.05, 4.69) is 4.72 Å². The maximum absolute atomic E-state index is 13.0. The summed E-state index contributed by atoms with van der Waals surface area (Å²) >= 11 is 0. The van der Waals surface area contributed by atoms with Crippen LogP contribution in [-0.2, 0) is 27.9 Å². The van der Waals surface area contributed by atoms with Crippen molar-refractivity contribution in [3.8, 4) is 0 Å². The Morgan fingerprint density at radius 1 is 0.968 bits per heavy atom. The lowest BCUT2D eigenvalue weighted by Crippen LogP contribution is -2.37. The van der Waals surface area contributed by atoms with Gasteiger partial charge in [0.1, 0.15) is 12.2 Å². The molecule has 8 heteroatoms. The molecule has 3 aromatic rings. The number of anilines is 1. The van der Waals surface area contributed by atoms with Crippen LogP contribution in [0.3, 0.4) is 0 Å². The summed E-state index contributed by atoms with van der Waals surface area (Å²) in [7, 11) is -3.91. The highest BCUT2D eigenvalue weighted by atomic mass is 32.2. The minimum atomic E-state index is -3.91. The molecule has 0 aliphatic rings. The molecule has 0 fully saturated rings. The number of hydrogen-bond acceptors (Lipinski definition) is 4. The first kappa shape index (κ1) is 22.3. The topological polar surface area (TPSA) is 88.5 Å². The van der Waals surface area contributed by atoms with Crippen LogP contribution < -0.4 is 10.3 Å². The maximum atomic E-state index is 13.0. The summed E-state index contributed by atoms with van der Waals surface area (Å²) in [5.41, 5.74) is 0.889. The molecule has 7 nitrogen and oxygen atoms in total. The number of carbonyl (C=O) groups excluding carboxylic acids is 1. The van der Waals surface area contributed by atoms with Gasteiger partial charge in [-0.3, -0.25) is 14.3 Å². The number of nitrogens with one attached hydrogen (secondary N) is 1. The Morgan fingerprint density at radius 2 is 1.58 bits per heavy atom. The van der Waals surface area contributed by atoms with Gasteiger partial charge in [0, 0.05) is 18.8 Å². The summed E-state index contributed by atoms with van der Waals surface area (Å²) in [4.78, 5) is 27.6. The number of aromatic nitrogens is 1. The SMILES string of the molecule is CCN(Cc1ccccc1)C(=O)Cn1c(C)ccc(NS(=O)(=O)c2ccccc2)c1=O. The van der Waals surface area contributed by atoms with Crippen LogP contribution in [0.2, 0.25) is 0 Å². The van der Waals surface area contributed by atoms with Crippen LogP contribution >= 0.6 is 0 Å². The first-order chi connectivity index (χ1) is 14.8. The normalized spacial score (nSPS) is 11.2. The summed E-state index contributed by atoms with van der Waals surface area (Å²) < 4.78 is 28.8. The summed E-state index contributed by atoms with van der Waals surface area (Å²) in [5, 5.41) is 0. The van der Waals surface area contributed by atoms with Gasteiger partial charge in [0.2, 0.25) is 5.91 Å². The van der Waals surface area contributed by atoms with E-state index in [0.717, 1.165) is 5.56 Å². The Hall–Kier alpha value is -3.39. The molecule has 0 spiro atoms. The van der Waals surface area contributed by atoms with Gasteiger partial charge in [-0.15, -0.1) is 0 Å². The van der Waals surface area contributed by atoms with E-state index in [1.807, 2.05) is 37.3 Å². The quantitative estimate of drug-likeness (QED) is 0.584. The highest BCUT2D eigenvalue weighted by Gasteiger charge is 2.19. The molecule has 0 unspecified atom stereocenters. The van der Waals surface area contributed by atoms with Crippen molar-refractivity contribution < 1.29 is 13.2 Å². The van der Waals surface area contributed by atoms with Crippen LogP contribution in [-0.4, -0.2) is 30.3 Å². The fourth-order valence-corrected chi connectivity index (χ4v) is 4.24. The molecule has 0 radical (unpaired) electrons. The number of aryl methyl sites for hydroxylation is 1. The minimum absolute atomic E-state index is 0.0534. The van der Waals surface area contributed by atoms with Gasteiger partial charge in [-0.05, 0) is 43.7 Å². The average molecular weight is 440 g/mol. The molecule has 3 rings (SSSR count). The molecule has 0 saturated heterocycles. The first-order valence-electron chi connectivity index (χ1n) is 9.92. The third-order valence-corrected chi connectivity index (χ3v) is 6.32. The molecule has 0 aliphatic carbocycles. The number of likely N-dealkylation sites (N-methyl/N-ethyl adjacent to an activating group) is 1. The summed E-state index contributed by atoms with van der Waals surface area (Å²) in [6, 6.07) is 20.4. The predicted molar refractivity (Wildman–Crippen MR) is 120 cm³/mol. The largest absolute Gasteiger partial charge is 0.337 e. The third-order valence-electron chi connectivity index (χ3n) is 4.93. The predicted octanol–water partition coefficient (Wildman–Crippen LogP) is 3.01. The number of pyridine rings is 1. The maximum Gasteiger partial charge on any atom is 0.275 e. The van der Waals surface area contributed by atoms with Gasteiger partial charge in [0.05, 0.1) is 4.90 Å². The van der Waals surface area contributed by atoms with Crippen molar-refractivity contribution in [2.75, 3.05) is 11.3 Å². The highest BCUT2D eigenvalue weighted by Crippen LogP contribution is 2.14. The molecule has 1 amide bonds. The molecular formula is C23H25N3O4S. The molecule has 0 aliphatic heterocycles. The second-order valence-electron chi connectivity index (χ2n) is 7.09. The lowest BCUT2D eigenvalue weighted by atomic mass is 10.2. The van der Waals surface area contributed by atoms with E-state index in [-0.39, 0.29) is 23.0 Å². The van der Waals surface area contributed by atoms with Gasteiger partial charge >= 0.3 is 0 Å². The lowest BCUT2D eigenvalue weighted by Gasteiger charge is -2.22. The summed E-state index contributed by atoms with van der Waals surface area (Å²) in [6.07, 6.45) is 0. The average Bonchev–Trinajstić information content (AvgIpc) is 2.78. The molecular weight excluding hydrogens is 414 g/mol. The zero-order chi connectivity index (χ0) is 22.4. The zero-order valence-electron chi connectivity index (χ0n) is 17.5. The molecule has 162 valence electrons. The van der Waals surface area contributed by atoms with Crippen LogP contribution in [0.1, 0.15) is 18.2 Å². The number of rotatable bonds is 8. The second-order valence-corrected chi connectivity index (χ2v) is 8.77. The number of hydrogen-bond donors (Lipinski definition) is 1. The van der Waals surface area contributed by atoms with E-state index in [1.54, 1.807) is 36.1 Å². The molecule has 31 heavy (non-hydrogen) atoms. The van der Waals surface area contributed by atoms with Crippen LogP contribution in [0.25, 0.3) is 0 Å². The van der Waals surface area contributed by atoms with E-state index in [9.17, 15) is 18.0 Å². The zero-order valence-corrected chi connectivity index (χ0v) is 18.3. The van der Waals surface area contributed by atoms with Crippen molar-refractivity contribution in [1.29, 1.82) is 0 Å². The smallest absolute Gasteiger partial charge is 0.275 e. The fraction of sp³-hybridized carbons (Fsp3) is 0.217. The Labute approximate surface area is 182 Å². The number of benzene rings is 2. The minimum Gasteiger partial charge on any atom is -0.337 e. The third kappa shape index (κ3) is 5.40. The molecule has 0 saturated carbocycles. The lowest BCUT2D eigenvalue weighted by molar-refractivity contribution is -0.132. The molecule has 1 N–H and O–H groups in total. The van der Waals surface area contributed by atoms with Gasteiger partial charge in [0.15, 0.2) is 0 Å². The molecule has 1 aromatic heterocycles. The van der Waals surface area contributed by atoms with Crippen LogP contribution in [0.4, 0.5) is 5.69 Å². The standard InChI is InChI=1S/C23H25N3O4S/c1-3-25(16-19-10-6-4-7-11-19)22(27)17-26-18(2)14-15-21(23(26)28)24-31(29,30)20-12-8-5-9-13-20/h4-15,24H,3,16-17H2,1-2H3. The van der Waals surface area contributed by atoms with Gasteiger partial charge in [-0.25, -0.2) is 8.42 Å². The monoisotopic (exact) mass is 439 g/mol. The number of nitrogens with zero attached hydrogens (tertiary/aromatic N) is 2. The van der Waals surface area contributed by atoms with Crippen molar-refractivity contribution in [2.45, 2.75) is 31.8 Å². The van der Waals surface area contributed by atoms with Crippen molar-refractivity contribution in [2.24, 2.45) is 0 Å². The summed E-state index contributed by atoms with van der Waals surface area (Å²) in [6.45, 7) is 4.33. The van der Waals surface area contributed by atoms with E-state index >= 15 is 0 Å². The first-order valence-corrected chi connectivity index (χ1v) is 11.4. The second kappa shape index (κ2) is 9.61. The fourth-order valence-electron chi connectivity index (χ4n) is 3.16. The van der Waals surface area contributed by atoms with Crippen molar-refractivity contribution in [1.82, 2.24) is 9.47 Å². The molecule has 1 heterocycles. The van der Waals surface area contributed by atoms with E-state index in [4.69, 9.17) is 0 Å². The number of sulfonamides is 1. The number of carbonyl (C=O) groups is 1. The van der Waals surface area contributed by atoms with Crippen LogP contribution in [0.5, 0.6) is 0 Å². The van der Waals surface area contributed by atoms with Gasteiger partial charge in [-0.1, -0.05) is 48.5 Å². The molecule has 0 atom stereocenters. The van der Waals surface area contributed by atoms with Crippen LogP contribution in [0.15, 0.2) is 82.5 Å². The van der Waals surface area contributed by atoms with E-state index < -0.39 is 15.6 Å². The number of amides is 1. The van der Waals surface area contributed by atoms with Gasteiger partial charge < -0.3 is 9.47 Å². The Bertz CT molecular complexity index is 1210. The van der Waals surface area contributed by atoms with Crippen LogP contribution in [0, 0.1) is 6.92 Å². The van der Waals surface area contributed by atoms with Crippen molar-refractivity contribution in [3.05, 3.63) is 94.4 Å². The summed E-state index contributed by atoms with van der Waals surface area (Å²) in [5.74, 6) is -0.223. The van der Waals surface area contributed by atoms with E-state index in [1.165, 1.54) is 22.8 Å². The highest BCUT2D eigenvalue weighted by molar-refractivity contribution is 7.92. The van der Waals surface area contributed by atoms with Crippen molar-refractivity contribution >= 4 is 21.6 Å². The van der Waals surface area contributed by atoms with Gasteiger partial charge in [-0.2, -0.15) is 0 Å². The van der Waals surface area contributed by atoms with Crippen molar-refractivity contribution in [3.63, 3.8) is 0 Å². The Kier molecular flexibility index (Phi) is 6.91. The molecule has 0 bridgehead atoms.